The summed E-state index contributed by atoms with van der Waals surface area (Å²) in [5.74, 6) is 1.20. The van der Waals surface area contributed by atoms with Crippen LogP contribution in [0.4, 0.5) is 5.69 Å². The highest BCUT2D eigenvalue weighted by Gasteiger charge is 2.19. The molecular weight excluding hydrogens is 443 g/mol. The van der Waals surface area contributed by atoms with Gasteiger partial charge in [-0.05, 0) is 44.5 Å². The van der Waals surface area contributed by atoms with Gasteiger partial charge in [0.15, 0.2) is 17.1 Å². The van der Waals surface area contributed by atoms with Crippen molar-refractivity contribution >= 4 is 46.6 Å². The molecule has 0 aliphatic heterocycles. The van der Waals surface area contributed by atoms with Crippen LogP contribution in [0.5, 0.6) is 5.75 Å². The summed E-state index contributed by atoms with van der Waals surface area (Å²) in [5, 5.41) is 12.9. The molecule has 0 aliphatic carbocycles. The van der Waals surface area contributed by atoms with E-state index < -0.39 is 6.10 Å². The quantitative estimate of drug-likeness (QED) is 0.460. The number of benzene rings is 2. The van der Waals surface area contributed by atoms with Crippen molar-refractivity contribution < 1.29 is 9.53 Å². The average Bonchev–Trinajstić information content (AvgIpc) is 3.06. The molecule has 158 valence electrons. The third kappa shape index (κ3) is 5.47. The summed E-state index contributed by atoms with van der Waals surface area (Å²) in [6.07, 6.45) is -0.406. The molecule has 0 spiro atoms. The topological polar surface area (TPSA) is 69.0 Å². The Morgan fingerprint density at radius 2 is 1.97 bits per heavy atom. The molecule has 30 heavy (non-hydrogen) atoms. The standard InChI is InChI=1S/C21H22Cl2N4O2S/c1-12-5-8-17(13(2)9-12)24-19(28)11-30-21-26-25-20(27(21)4)14(3)29-18-10-15(22)6-7-16(18)23/h5-10,14H,11H2,1-4H3,(H,24,28). The molecule has 0 radical (unpaired) electrons. The fourth-order valence-corrected chi connectivity index (χ4v) is 3.93. The first-order valence-corrected chi connectivity index (χ1v) is 11.0. The van der Waals surface area contributed by atoms with Crippen LogP contribution in [0.25, 0.3) is 0 Å². The fourth-order valence-electron chi connectivity index (χ4n) is 2.89. The minimum atomic E-state index is -0.406. The zero-order chi connectivity index (χ0) is 21.8. The summed E-state index contributed by atoms with van der Waals surface area (Å²) in [7, 11) is 1.83. The number of thioether (sulfide) groups is 1. The lowest BCUT2D eigenvalue weighted by Gasteiger charge is -2.15. The van der Waals surface area contributed by atoms with Crippen molar-refractivity contribution in [1.29, 1.82) is 0 Å². The SMILES string of the molecule is Cc1ccc(NC(=O)CSc2nnc(C(C)Oc3cc(Cl)ccc3Cl)n2C)c(C)c1. The van der Waals surface area contributed by atoms with Gasteiger partial charge in [-0.3, -0.25) is 4.79 Å². The van der Waals surface area contributed by atoms with Crippen LogP contribution >= 0.6 is 35.0 Å². The van der Waals surface area contributed by atoms with Gasteiger partial charge in [0.1, 0.15) is 5.75 Å². The van der Waals surface area contributed by atoms with E-state index in [1.54, 1.807) is 22.8 Å². The largest absolute Gasteiger partial charge is 0.481 e. The molecule has 0 bridgehead atoms. The van der Waals surface area contributed by atoms with Crippen molar-refractivity contribution in [1.82, 2.24) is 14.8 Å². The highest BCUT2D eigenvalue weighted by atomic mass is 35.5. The number of aryl methyl sites for hydroxylation is 2. The van der Waals surface area contributed by atoms with Gasteiger partial charge in [0.05, 0.1) is 10.8 Å². The van der Waals surface area contributed by atoms with Crippen LogP contribution in [0.1, 0.15) is 30.0 Å². The lowest BCUT2D eigenvalue weighted by atomic mass is 10.1. The molecule has 1 unspecified atom stereocenters. The highest BCUT2D eigenvalue weighted by Crippen LogP contribution is 2.31. The Bertz CT molecular complexity index is 1070. The molecule has 1 atom stereocenters. The zero-order valence-electron chi connectivity index (χ0n) is 17.1. The van der Waals surface area contributed by atoms with Crippen molar-refractivity contribution in [3.8, 4) is 5.75 Å². The number of carbonyl (C=O) groups is 1. The summed E-state index contributed by atoms with van der Waals surface area (Å²) in [6, 6.07) is 10.9. The molecule has 3 rings (SSSR count). The molecule has 0 fully saturated rings. The first-order chi connectivity index (χ1) is 14.2. The monoisotopic (exact) mass is 464 g/mol. The molecule has 0 saturated heterocycles. The van der Waals surface area contributed by atoms with Crippen LogP contribution in [-0.2, 0) is 11.8 Å². The Morgan fingerprint density at radius 3 is 2.70 bits per heavy atom. The number of nitrogens with zero attached hydrogens (tertiary/aromatic N) is 3. The molecule has 1 N–H and O–H groups in total. The minimum Gasteiger partial charge on any atom is -0.481 e. The highest BCUT2D eigenvalue weighted by molar-refractivity contribution is 7.99. The number of hydrogen-bond donors (Lipinski definition) is 1. The van der Waals surface area contributed by atoms with Gasteiger partial charge in [-0.15, -0.1) is 10.2 Å². The predicted molar refractivity (Wildman–Crippen MR) is 122 cm³/mol. The van der Waals surface area contributed by atoms with Gasteiger partial charge < -0.3 is 14.6 Å². The smallest absolute Gasteiger partial charge is 0.234 e. The number of aromatic nitrogens is 3. The van der Waals surface area contributed by atoms with E-state index in [0.29, 0.717) is 26.8 Å². The molecule has 0 saturated carbocycles. The van der Waals surface area contributed by atoms with Gasteiger partial charge in [0.25, 0.3) is 0 Å². The third-order valence-corrected chi connectivity index (χ3v) is 5.99. The first kappa shape index (κ1) is 22.5. The van der Waals surface area contributed by atoms with E-state index in [0.717, 1.165) is 16.8 Å². The van der Waals surface area contributed by atoms with Crippen molar-refractivity contribution in [3.05, 3.63) is 63.4 Å². The molecule has 3 aromatic rings. The van der Waals surface area contributed by atoms with Gasteiger partial charge in [0.2, 0.25) is 5.91 Å². The maximum atomic E-state index is 12.3. The molecule has 9 heteroatoms. The second kappa shape index (κ2) is 9.73. The Kier molecular flexibility index (Phi) is 7.28. The summed E-state index contributed by atoms with van der Waals surface area (Å²) < 4.78 is 7.71. The van der Waals surface area contributed by atoms with Gasteiger partial charge >= 0.3 is 0 Å². The van der Waals surface area contributed by atoms with Gasteiger partial charge in [-0.25, -0.2) is 0 Å². The Balaban J connectivity index is 1.62. The Labute approximate surface area is 189 Å². The number of rotatable bonds is 7. The number of halogens is 2. The van der Waals surface area contributed by atoms with E-state index in [4.69, 9.17) is 27.9 Å². The zero-order valence-corrected chi connectivity index (χ0v) is 19.4. The first-order valence-electron chi connectivity index (χ1n) is 9.25. The van der Waals surface area contributed by atoms with E-state index in [1.807, 2.05) is 46.0 Å². The Morgan fingerprint density at radius 1 is 1.20 bits per heavy atom. The van der Waals surface area contributed by atoms with Crippen LogP contribution < -0.4 is 10.1 Å². The third-order valence-electron chi connectivity index (χ3n) is 4.42. The van der Waals surface area contributed by atoms with E-state index in [-0.39, 0.29) is 11.7 Å². The summed E-state index contributed by atoms with van der Waals surface area (Å²) in [4.78, 5) is 12.3. The van der Waals surface area contributed by atoms with Gasteiger partial charge in [-0.1, -0.05) is 52.7 Å². The van der Waals surface area contributed by atoms with E-state index in [2.05, 4.69) is 15.5 Å². The lowest BCUT2D eigenvalue weighted by molar-refractivity contribution is -0.113. The van der Waals surface area contributed by atoms with Gasteiger partial charge in [-0.2, -0.15) is 0 Å². The minimum absolute atomic E-state index is 0.105. The van der Waals surface area contributed by atoms with Crippen molar-refractivity contribution in [2.75, 3.05) is 11.1 Å². The molecule has 2 aromatic carbocycles. The van der Waals surface area contributed by atoms with Crippen molar-refractivity contribution in [3.63, 3.8) is 0 Å². The normalized spacial score (nSPS) is 11.9. The van der Waals surface area contributed by atoms with E-state index in [9.17, 15) is 4.79 Å². The number of nitrogens with one attached hydrogen (secondary N) is 1. The number of hydrogen-bond acceptors (Lipinski definition) is 5. The number of amides is 1. The molecule has 0 aliphatic rings. The van der Waals surface area contributed by atoms with Crippen LogP contribution in [-0.4, -0.2) is 26.4 Å². The van der Waals surface area contributed by atoms with Crippen LogP contribution in [0.3, 0.4) is 0 Å². The maximum absolute atomic E-state index is 12.3. The van der Waals surface area contributed by atoms with Crippen molar-refractivity contribution in [2.24, 2.45) is 7.05 Å². The Hall–Kier alpha value is -2.22. The maximum Gasteiger partial charge on any atom is 0.234 e. The van der Waals surface area contributed by atoms with Crippen molar-refractivity contribution in [2.45, 2.75) is 32.0 Å². The molecule has 1 amide bonds. The molecular formula is C21H22Cl2N4O2S. The van der Waals surface area contributed by atoms with Crippen LogP contribution in [0.15, 0.2) is 41.6 Å². The fraction of sp³-hybridized carbons (Fsp3) is 0.286. The lowest BCUT2D eigenvalue weighted by Crippen LogP contribution is -2.15. The molecule has 1 aromatic heterocycles. The van der Waals surface area contributed by atoms with Gasteiger partial charge in [0, 0.05) is 23.8 Å². The van der Waals surface area contributed by atoms with E-state index in [1.165, 1.54) is 11.8 Å². The second-order valence-electron chi connectivity index (χ2n) is 6.89. The number of carbonyl (C=O) groups excluding carboxylic acids is 1. The molecule has 1 heterocycles. The summed E-state index contributed by atoms with van der Waals surface area (Å²) in [6.45, 7) is 5.84. The summed E-state index contributed by atoms with van der Waals surface area (Å²) >= 11 is 13.5. The molecule has 6 nitrogen and oxygen atoms in total. The predicted octanol–water partition coefficient (Wildman–Crippen LogP) is 5.61. The number of anilines is 1. The summed E-state index contributed by atoms with van der Waals surface area (Å²) in [5.41, 5.74) is 2.99. The number of ether oxygens (including phenoxy) is 1. The second-order valence-corrected chi connectivity index (χ2v) is 8.68. The average molecular weight is 465 g/mol. The van der Waals surface area contributed by atoms with Crippen LogP contribution in [0.2, 0.25) is 10.0 Å². The van der Waals surface area contributed by atoms with Crippen LogP contribution in [0, 0.1) is 13.8 Å². The van der Waals surface area contributed by atoms with E-state index >= 15 is 0 Å².